The Morgan fingerprint density at radius 2 is 2.04 bits per heavy atom. The molecular formula is C20H16FNO. The minimum Gasteiger partial charge on any atom is -0.343 e. The van der Waals surface area contributed by atoms with Gasteiger partial charge in [-0.25, -0.2) is 4.39 Å². The Balaban J connectivity index is 1.46. The standard InChI is InChI=1S/C20H16FNO/c21-14-4-1-3-13(11-14)20(7-2-8-20)22-19(23)16-6-5-15-17-9-12(17)10-18(15)16/h1,3-6,10-11H,2,7-9H2,(H,22,23). The van der Waals surface area contributed by atoms with Gasteiger partial charge in [0.15, 0.2) is 0 Å². The van der Waals surface area contributed by atoms with Crippen molar-refractivity contribution in [2.45, 2.75) is 31.2 Å². The molecule has 2 nitrogen and oxygen atoms in total. The molecular weight excluding hydrogens is 289 g/mol. The zero-order valence-electron chi connectivity index (χ0n) is 12.7. The number of amides is 1. The molecule has 0 saturated heterocycles. The van der Waals surface area contributed by atoms with Crippen molar-refractivity contribution in [3.8, 4) is 0 Å². The molecule has 5 rings (SSSR count). The summed E-state index contributed by atoms with van der Waals surface area (Å²) in [5, 5.41) is 3.19. The van der Waals surface area contributed by atoms with Crippen LogP contribution in [0.4, 0.5) is 4.39 Å². The van der Waals surface area contributed by atoms with Gasteiger partial charge in [-0.15, -0.1) is 0 Å². The van der Waals surface area contributed by atoms with Crippen molar-refractivity contribution in [2.75, 3.05) is 0 Å². The maximum Gasteiger partial charge on any atom is 0.252 e. The highest BCUT2D eigenvalue weighted by molar-refractivity contribution is 6.02. The van der Waals surface area contributed by atoms with E-state index in [1.165, 1.54) is 22.8 Å². The third-order valence-electron chi connectivity index (χ3n) is 5.45. The molecule has 0 aromatic heterocycles. The lowest BCUT2D eigenvalue weighted by atomic mass is 9.71. The molecule has 0 aliphatic heterocycles. The quantitative estimate of drug-likeness (QED) is 0.903. The van der Waals surface area contributed by atoms with Crippen LogP contribution in [0.1, 0.15) is 31.2 Å². The molecule has 1 aromatic rings. The van der Waals surface area contributed by atoms with Crippen molar-refractivity contribution in [1.82, 2.24) is 5.32 Å². The molecule has 1 amide bonds. The van der Waals surface area contributed by atoms with Gasteiger partial charge in [-0.05, 0) is 77.8 Å². The van der Waals surface area contributed by atoms with Gasteiger partial charge in [0.2, 0.25) is 0 Å². The molecule has 4 aliphatic carbocycles. The van der Waals surface area contributed by atoms with E-state index in [-0.39, 0.29) is 11.7 Å². The number of carbonyl (C=O) groups excluding carboxylic acids is 1. The molecule has 0 bridgehead atoms. The highest BCUT2D eigenvalue weighted by atomic mass is 19.1. The summed E-state index contributed by atoms with van der Waals surface area (Å²) in [6.07, 6.45) is 9.95. The van der Waals surface area contributed by atoms with Gasteiger partial charge >= 0.3 is 0 Å². The number of allylic oxidation sites excluding steroid dienone is 6. The van der Waals surface area contributed by atoms with Crippen molar-refractivity contribution >= 4 is 5.91 Å². The fraction of sp³-hybridized carbons (Fsp3) is 0.250. The SMILES string of the molecule is O=C(NC1(c2cccc(F)c2)CCC1)C1=C2C=C3CC3=C2C=C1. The second-order valence-corrected chi connectivity index (χ2v) is 6.80. The summed E-state index contributed by atoms with van der Waals surface area (Å²) >= 11 is 0. The fourth-order valence-electron chi connectivity index (χ4n) is 3.92. The van der Waals surface area contributed by atoms with E-state index in [1.807, 2.05) is 18.2 Å². The summed E-state index contributed by atoms with van der Waals surface area (Å²) in [4.78, 5) is 12.8. The van der Waals surface area contributed by atoms with Crippen molar-refractivity contribution in [2.24, 2.45) is 0 Å². The number of halogens is 1. The third-order valence-corrected chi connectivity index (χ3v) is 5.45. The molecule has 0 heterocycles. The molecule has 1 aromatic carbocycles. The average molecular weight is 305 g/mol. The number of nitrogens with one attached hydrogen (secondary N) is 1. The Labute approximate surface area is 134 Å². The van der Waals surface area contributed by atoms with E-state index in [0.717, 1.165) is 42.4 Å². The van der Waals surface area contributed by atoms with Crippen molar-refractivity contribution in [3.63, 3.8) is 0 Å². The van der Waals surface area contributed by atoms with E-state index in [0.29, 0.717) is 0 Å². The number of fused-ring (bicyclic) bond motifs is 2. The van der Waals surface area contributed by atoms with Gasteiger partial charge in [-0.2, -0.15) is 0 Å². The van der Waals surface area contributed by atoms with Crippen LogP contribution in [0.3, 0.4) is 0 Å². The van der Waals surface area contributed by atoms with E-state index in [2.05, 4.69) is 11.4 Å². The van der Waals surface area contributed by atoms with Gasteiger partial charge in [0.25, 0.3) is 5.91 Å². The predicted molar refractivity (Wildman–Crippen MR) is 86.0 cm³/mol. The first-order valence-corrected chi connectivity index (χ1v) is 8.12. The van der Waals surface area contributed by atoms with Crippen LogP contribution in [0.25, 0.3) is 0 Å². The second-order valence-electron chi connectivity index (χ2n) is 6.80. The Kier molecular flexibility index (Phi) is 2.45. The molecule has 2 fully saturated rings. The van der Waals surface area contributed by atoms with Crippen LogP contribution >= 0.6 is 0 Å². The zero-order chi connectivity index (χ0) is 15.6. The lowest BCUT2D eigenvalue weighted by Crippen LogP contribution is -2.51. The first-order valence-electron chi connectivity index (χ1n) is 8.12. The molecule has 114 valence electrons. The highest BCUT2D eigenvalue weighted by Crippen LogP contribution is 2.51. The molecule has 3 heteroatoms. The predicted octanol–water partition coefficient (Wildman–Crippen LogP) is 3.83. The van der Waals surface area contributed by atoms with Crippen molar-refractivity contribution in [3.05, 3.63) is 81.7 Å². The van der Waals surface area contributed by atoms with Gasteiger partial charge < -0.3 is 5.32 Å². The Bertz CT molecular complexity index is 881. The van der Waals surface area contributed by atoms with Gasteiger partial charge in [-0.3, -0.25) is 4.79 Å². The minimum atomic E-state index is -0.412. The van der Waals surface area contributed by atoms with Crippen molar-refractivity contribution < 1.29 is 9.18 Å². The first kappa shape index (κ1) is 13.1. The number of hydrogen-bond donors (Lipinski definition) is 1. The van der Waals surface area contributed by atoms with Gasteiger partial charge in [0.05, 0.1) is 5.54 Å². The molecule has 0 atom stereocenters. The Hall–Kier alpha value is -2.42. The lowest BCUT2D eigenvalue weighted by molar-refractivity contribution is -0.120. The maximum absolute atomic E-state index is 13.6. The lowest BCUT2D eigenvalue weighted by Gasteiger charge is -2.43. The van der Waals surface area contributed by atoms with Crippen LogP contribution in [0.15, 0.2) is 70.4 Å². The fourth-order valence-corrected chi connectivity index (χ4v) is 3.92. The molecule has 23 heavy (non-hydrogen) atoms. The number of carbonyl (C=O) groups is 1. The number of hydrogen-bond acceptors (Lipinski definition) is 1. The van der Waals surface area contributed by atoms with Crippen LogP contribution in [-0.2, 0) is 10.3 Å². The molecule has 0 radical (unpaired) electrons. The van der Waals surface area contributed by atoms with Gasteiger partial charge in [-0.1, -0.05) is 18.2 Å². The van der Waals surface area contributed by atoms with Crippen molar-refractivity contribution in [1.29, 1.82) is 0 Å². The summed E-state index contributed by atoms with van der Waals surface area (Å²) in [5.41, 5.74) is 6.25. The van der Waals surface area contributed by atoms with Crippen LogP contribution in [0, 0.1) is 5.82 Å². The topological polar surface area (TPSA) is 29.1 Å². The first-order chi connectivity index (χ1) is 11.2. The van der Waals surface area contributed by atoms with E-state index < -0.39 is 5.54 Å². The summed E-state index contributed by atoms with van der Waals surface area (Å²) < 4.78 is 13.6. The highest BCUT2D eigenvalue weighted by Gasteiger charge is 2.42. The molecule has 0 unspecified atom stereocenters. The average Bonchev–Trinajstić information content (AvgIpc) is 2.98. The van der Waals surface area contributed by atoms with Crippen LogP contribution in [0.2, 0.25) is 0 Å². The molecule has 4 aliphatic rings. The second kappa shape index (κ2) is 4.31. The monoisotopic (exact) mass is 305 g/mol. The summed E-state index contributed by atoms with van der Waals surface area (Å²) in [7, 11) is 0. The Morgan fingerprint density at radius 1 is 1.17 bits per heavy atom. The number of rotatable bonds is 3. The smallest absolute Gasteiger partial charge is 0.252 e. The zero-order valence-corrected chi connectivity index (χ0v) is 12.7. The minimum absolute atomic E-state index is 0.0473. The largest absolute Gasteiger partial charge is 0.343 e. The number of benzene rings is 1. The Morgan fingerprint density at radius 3 is 2.78 bits per heavy atom. The summed E-state index contributed by atoms with van der Waals surface area (Å²) in [6.45, 7) is 0. The maximum atomic E-state index is 13.6. The molecule has 1 N–H and O–H groups in total. The normalized spacial score (nSPS) is 22.6. The van der Waals surface area contributed by atoms with Crippen LogP contribution in [0.5, 0.6) is 0 Å². The summed E-state index contributed by atoms with van der Waals surface area (Å²) in [6, 6.07) is 6.61. The molecule has 0 spiro atoms. The summed E-state index contributed by atoms with van der Waals surface area (Å²) in [5.74, 6) is -0.299. The van der Waals surface area contributed by atoms with Gasteiger partial charge in [0, 0.05) is 5.57 Å². The van der Waals surface area contributed by atoms with E-state index in [4.69, 9.17) is 0 Å². The van der Waals surface area contributed by atoms with Gasteiger partial charge in [0.1, 0.15) is 5.82 Å². The third kappa shape index (κ3) is 1.83. The molecule has 2 saturated carbocycles. The van der Waals surface area contributed by atoms with Crippen LogP contribution in [-0.4, -0.2) is 5.91 Å². The van der Waals surface area contributed by atoms with E-state index in [1.54, 1.807) is 12.1 Å². The van der Waals surface area contributed by atoms with E-state index in [9.17, 15) is 9.18 Å². The van der Waals surface area contributed by atoms with Crippen LogP contribution < -0.4 is 5.32 Å². The van der Waals surface area contributed by atoms with E-state index >= 15 is 0 Å².